The number of hydrogen-bond donors (Lipinski definition) is 1. The molecule has 1 rings (SSSR count). The highest BCUT2D eigenvalue weighted by Crippen LogP contribution is 2.20. The van der Waals surface area contributed by atoms with E-state index in [1.54, 1.807) is 0 Å². The molecule has 0 saturated carbocycles. The van der Waals surface area contributed by atoms with Gasteiger partial charge in [0.1, 0.15) is 5.54 Å². The van der Waals surface area contributed by atoms with Crippen LogP contribution in [-0.2, 0) is 9.53 Å². The summed E-state index contributed by atoms with van der Waals surface area (Å²) in [4.78, 5) is 14.3. The lowest BCUT2D eigenvalue weighted by atomic mass is 10.00. The monoisotopic (exact) mass is 242 g/mol. The van der Waals surface area contributed by atoms with E-state index in [0.717, 1.165) is 13.1 Å². The number of rotatable bonds is 5. The average molecular weight is 242 g/mol. The third kappa shape index (κ3) is 3.68. The number of nitrogens with one attached hydrogen (secondary N) is 1. The number of esters is 1. The fourth-order valence-corrected chi connectivity index (χ4v) is 2.67. The van der Waals surface area contributed by atoms with E-state index < -0.39 is 5.54 Å². The van der Waals surface area contributed by atoms with Gasteiger partial charge in [-0.15, -0.1) is 0 Å². The van der Waals surface area contributed by atoms with Gasteiger partial charge in [0.25, 0.3) is 0 Å². The van der Waals surface area contributed by atoms with Gasteiger partial charge in [-0.2, -0.15) is 0 Å². The van der Waals surface area contributed by atoms with Gasteiger partial charge >= 0.3 is 5.97 Å². The molecule has 1 aliphatic rings. The summed E-state index contributed by atoms with van der Waals surface area (Å²) in [6.45, 7) is 10.1. The fraction of sp³-hybridized carbons (Fsp3) is 0.923. The minimum atomic E-state index is -0.610. The van der Waals surface area contributed by atoms with Crippen LogP contribution >= 0.6 is 0 Å². The predicted molar refractivity (Wildman–Crippen MR) is 69.0 cm³/mol. The van der Waals surface area contributed by atoms with Crippen LogP contribution in [0.1, 0.15) is 40.5 Å². The zero-order chi connectivity index (χ0) is 13.1. The van der Waals surface area contributed by atoms with E-state index in [9.17, 15) is 4.79 Å². The summed E-state index contributed by atoms with van der Waals surface area (Å²) in [5.74, 6) is -0.176. The summed E-state index contributed by atoms with van der Waals surface area (Å²) in [6, 6.07) is 0.824. The fourth-order valence-electron chi connectivity index (χ4n) is 2.67. The van der Waals surface area contributed by atoms with Gasteiger partial charge in [-0.1, -0.05) is 0 Å². The van der Waals surface area contributed by atoms with E-state index in [-0.39, 0.29) is 12.0 Å². The Kier molecular flexibility index (Phi) is 4.95. The molecule has 0 radical (unpaired) electrons. The van der Waals surface area contributed by atoms with Crippen LogP contribution in [0.5, 0.6) is 0 Å². The van der Waals surface area contributed by atoms with Gasteiger partial charge in [-0.3, -0.25) is 15.0 Å². The quantitative estimate of drug-likeness (QED) is 0.740. The van der Waals surface area contributed by atoms with Crippen molar-refractivity contribution in [1.82, 2.24) is 10.2 Å². The van der Waals surface area contributed by atoms with Crippen LogP contribution in [0.15, 0.2) is 0 Å². The van der Waals surface area contributed by atoms with Crippen LogP contribution in [0.3, 0.4) is 0 Å². The standard InChI is InChI=1S/C13H26N2O2/c1-10(2)14-13(4,12(16)17-5)9-15-8-6-7-11(15)3/h10-11,14H,6-9H2,1-5H3. The molecule has 4 nitrogen and oxygen atoms in total. The second-order valence-electron chi connectivity index (χ2n) is 5.58. The maximum atomic E-state index is 12.0. The van der Waals surface area contributed by atoms with Gasteiger partial charge in [0.05, 0.1) is 7.11 Å². The summed E-state index contributed by atoms with van der Waals surface area (Å²) in [7, 11) is 1.45. The number of nitrogens with zero attached hydrogens (tertiary/aromatic N) is 1. The Bertz CT molecular complexity index is 268. The number of methoxy groups -OCH3 is 1. The highest BCUT2D eigenvalue weighted by molar-refractivity contribution is 5.80. The molecule has 1 aliphatic heterocycles. The molecule has 2 atom stereocenters. The molecule has 0 aromatic rings. The van der Waals surface area contributed by atoms with Crippen LogP contribution in [-0.4, -0.2) is 48.7 Å². The third-order valence-corrected chi connectivity index (χ3v) is 3.45. The number of hydrogen-bond acceptors (Lipinski definition) is 4. The Morgan fingerprint density at radius 3 is 2.65 bits per heavy atom. The van der Waals surface area contributed by atoms with Crippen molar-refractivity contribution in [2.45, 2.75) is 58.2 Å². The summed E-state index contributed by atoms with van der Waals surface area (Å²) in [5, 5.41) is 3.34. The van der Waals surface area contributed by atoms with Gasteiger partial charge in [0.2, 0.25) is 0 Å². The average Bonchev–Trinajstić information content (AvgIpc) is 2.62. The molecule has 0 amide bonds. The first-order valence-electron chi connectivity index (χ1n) is 6.49. The summed E-state index contributed by atoms with van der Waals surface area (Å²) < 4.78 is 4.93. The lowest BCUT2D eigenvalue weighted by Crippen LogP contribution is -2.59. The molecule has 0 bridgehead atoms. The van der Waals surface area contributed by atoms with Crippen molar-refractivity contribution in [3.63, 3.8) is 0 Å². The molecule has 1 N–H and O–H groups in total. The number of ether oxygens (including phenoxy) is 1. The molecule has 17 heavy (non-hydrogen) atoms. The maximum absolute atomic E-state index is 12.0. The minimum absolute atomic E-state index is 0.176. The van der Waals surface area contributed by atoms with Crippen LogP contribution in [0.25, 0.3) is 0 Å². The lowest BCUT2D eigenvalue weighted by Gasteiger charge is -2.35. The molecule has 2 unspecified atom stereocenters. The van der Waals surface area contributed by atoms with E-state index in [4.69, 9.17) is 4.74 Å². The number of carbonyl (C=O) groups excluding carboxylic acids is 1. The van der Waals surface area contributed by atoms with Crippen LogP contribution in [0.4, 0.5) is 0 Å². The predicted octanol–water partition coefficient (Wildman–Crippen LogP) is 1.40. The number of carbonyl (C=O) groups is 1. The van der Waals surface area contributed by atoms with Crippen LogP contribution in [0.2, 0.25) is 0 Å². The molecule has 4 heteroatoms. The summed E-state index contributed by atoms with van der Waals surface area (Å²) in [6.07, 6.45) is 2.44. The molecule has 0 spiro atoms. The molecule has 1 heterocycles. The smallest absolute Gasteiger partial charge is 0.327 e. The zero-order valence-corrected chi connectivity index (χ0v) is 11.7. The van der Waals surface area contributed by atoms with E-state index in [1.165, 1.54) is 20.0 Å². The molecule has 100 valence electrons. The second-order valence-corrected chi connectivity index (χ2v) is 5.58. The number of likely N-dealkylation sites (tertiary alicyclic amines) is 1. The Balaban J connectivity index is 2.72. The highest BCUT2D eigenvalue weighted by atomic mass is 16.5. The first-order chi connectivity index (χ1) is 7.89. The highest BCUT2D eigenvalue weighted by Gasteiger charge is 2.38. The lowest BCUT2D eigenvalue weighted by molar-refractivity contribution is -0.149. The van der Waals surface area contributed by atoms with Crippen molar-refractivity contribution in [3.8, 4) is 0 Å². The summed E-state index contributed by atoms with van der Waals surface area (Å²) >= 11 is 0. The molecule has 0 aliphatic carbocycles. The van der Waals surface area contributed by atoms with Crippen molar-refractivity contribution < 1.29 is 9.53 Å². The van der Waals surface area contributed by atoms with Crippen molar-refractivity contribution in [3.05, 3.63) is 0 Å². The molecule has 0 aromatic carbocycles. The van der Waals surface area contributed by atoms with E-state index in [0.29, 0.717) is 6.04 Å². The Morgan fingerprint density at radius 2 is 2.24 bits per heavy atom. The minimum Gasteiger partial charge on any atom is -0.468 e. The van der Waals surface area contributed by atoms with Gasteiger partial charge in [-0.25, -0.2) is 0 Å². The topological polar surface area (TPSA) is 41.6 Å². The maximum Gasteiger partial charge on any atom is 0.327 e. The largest absolute Gasteiger partial charge is 0.468 e. The SMILES string of the molecule is COC(=O)C(C)(CN1CCCC1C)NC(C)C. The third-order valence-electron chi connectivity index (χ3n) is 3.45. The Labute approximate surface area is 105 Å². The summed E-state index contributed by atoms with van der Waals surface area (Å²) in [5.41, 5.74) is -0.610. The van der Waals surface area contributed by atoms with Crippen LogP contribution < -0.4 is 5.32 Å². The zero-order valence-electron chi connectivity index (χ0n) is 11.7. The molecular formula is C13H26N2O2. The van der Waals surface area contributed by atoms with Crippen molar-refractivity contribution in [2.75, 3.05) is 20.2 Å². The second kappa shape index (κ2) is 5.83. The Morgan fingerprint density at radius 1 is 1.59 bits per heavy atom. The van der Waals surface area contributed by atoms with Crippen molar-refractivity contribution >= 4 is 5.97 Å². The van der Waals surface area contributed by atoms with Gasteiger partial charge in [0, 0.05) is 18.6 Å². The van der Waals surface area contributed by atoms with Gasteiger partial charge in [-0.05, 0) is 47.1 Å². The van der Waals surface area contributed by atoms with Gasteiger partial charge < -0.3 is 4.74 Å². The van der Waals surface area contributed by atoms with E-state index in [1.807, 2.05) is 6.92 Å². The first kappa shape index (κ1) is 14.5. The van der Waals surface area contributed by atoms with Crippen LogP contribution in [0, 0.1) is 0 Å². The first-order valence-corrected chi connectivity index (χ1v) is 6.49. The van der Waals surface area contributed by atoms with E-state index >= 15 is 0 Å². The van der Waals surface area contributed by atoms with E-state index in [2.05, 4.69) is 31.0 Å². The molecule has 1 fully saturated rings. The van der Waals surface area contributed by atoms with Crippen molar-refractivity contribution in [1.29, 1.82) is 0 Å². The Hall–Kier alpha value is -0.610. The molecule has 1 saturated heterocycles. The van der Waals surface area contributed by atoms with Crippen molar-refractivity contribution in [2.24, 2.45) is 0 Å². The van der Waals surface area contributed by atoms with Gasteiger partial charge in [0.15, 0.2) is 0 Å². The molecule has 0 aromatic heterocycles. The molecular weight excluding hydrogens is 216 g/mol. The normalized spacial score (nSPS) is 24.9.